The van der Waals surface area contributed by atoms with Crippen molar-refractivity contribution in [1.29, 1.82) is 0 Å². The normalized spacial score (nSPS) is 16.7. The zero-order chi connectivity index (χ0) is 17.6. The van der Waals surface area contributed by atoms with E-state index in [1.807, 2.05) is 47.0 Å². The molecule has 1 aromatic heterocycles. The van der Waals surface area contributed by atoms with Crippen LogP contribution in [0, 0.1) is 0 Å². The van der Waals surface area contributed by atoms with Gasteiger partial charge in [-0.2, -0.15) is 0 Å². The summed E-state index contributed by atoms with van der Waals surface area (Å²) in [7, 11) is 3.55. The molecule has 1 fully saturated rings. The van der Waals surface area contributed by atoms with E-state index in [1.165, 1.54) is 0 Å². The second kappa shape index (κ2) is 9.45. The van der Waals surface area contributed by atoms with Crippen molar-refractivity contribution >= 4 is 18.3 Å². The predicted octanol–water partition coefficient (Wildman–Crippen LogP) is 1.79. The Morgan fingerprint density at radius 2 is 2.12 bits per heavy atom. The Morgan fingerprint density at radius 1 is 1.35 bits per heavy atom. The van der Waals surface area contributed by atoms with Gasteiger partial charge in [-0.3, -0.25) is 4.79 Å². The molecular weight excluding hydrogens is 356 g/mol. The SMILES string of the molecule is COc1ccccc1OCCC(=O)N1CCNCC1c1nccn1C.Cl. The summed E-state index contributed by atoms with van der Waals surface area (Å²) < 4.78 is 13.0. The average Bonchev–Trinajstić information content (AvgIpc) is 3.08. The number of ether oxygens (including phenoxy) is 2. The van der Waals surface area contributed by atoms with Crippen molar-refractivity contribution < 1.29 is 14.3 Å². The van der Waals surface area contributed by atoms with E-state index < -0.39 is 0 Å². The molecule has 1 amide bonds. The van der Waals surface area contributed by atoms with E-state index in [2.05, 4.69) is 10.3 Å². The Hall–Kier alpha value is -2.25. The quantitative estimate of drug-likeness (QED) is 0.827. The molecule has 26 heavy (non-hydrogen) atoms. The summed E-state index contributed by atoms with van der Waals surface area (Å²) >= 11 is 0. The molecule has 1 saturated heterocycles. The summed E-state index contributed by atoms with van der Waals surface area (Å²) in [5, 5.41) is 3.34. The fraction of sp³-hybridized carbons (Fsp3) is 0.444. The lowest BCUT2D eigenvalue weighted by Crippen LogP contribution is -2.49. The maximum Gasteiger partial charge on any atom is 0.226 e. The van der Waals surface area contributed by atoms with Gasteiger partial charge in [0.15, 0.2) is 11.5 Å². The van der Waals surface area contributed by atoms with Crippen LogP contribution in [0.1, 0.15) is 18.3 Å². The van der Waals surface area contributed by atoms with Crippen LogP contribution < -0.4 is 14.8 Å². The Labute approximate surface area is 159 Å². The number of hydrogen-bond donors (Lipinski definition) is 1. The molecular formula is C18H25ClN4O3. The third-order valence-corrected chi connectivity index (χ3v) is 4.36. The Bertz CT molecular complexity index is 722. The second-order valence-corrected chi connectivity index (χ2v) is 5.95. The second-order valence-electron chi connectivity index (χ2n) is 5.95. The molecule has 2 aromatic rings. The number of nitrogens with zero attached hydrogens (tertiary/aromatic N) is 3. The highest BCUT2D eigenvalue weighted by Crippen LogP contribution is 2.26. The summed E-state index contributed by atoms with van der Waals surface area (Å²) in [5.41, 5.74) is 0. The largest absolute Gasteiger partial charge is 0.493 e. The van der Waals surface area contributed by atoms with Crippen molar-refractivity contribution in [3.63, 3.8) is 0 Å². The maximum absolute atomic E-state index is 12.7. The lowest BCUT2D eigenvalue weighted by molar-refractivity contribution is -0.135. The third-order valence-electron chi connectivity index (χ3n) is 4.36. The van der Waals surface area contributed by atoms with Crippen LogP contribution in [0.3, 0.4) is 0 Å². The van der Waals surface area contributed by atoms with Gasteiger partial charge in [-0.15, -0.1) is 12.4 Å². The molecule has 1 N–H and O–H groups in total. The van der Waals surface area contributed by atoms with Gasteiger partial charge >= 0.3 is 0 Å². The van der Waals surface area contributed by atoms with Crippen molar-refractivity contribution in [3.05, 3.63) is 42.5 Å². The van der Waals surface area contributed by atoms with Gasteiger partial charge in [-0.1, -0.05) is 12.1 Å². The molecule has 7 nitrogen and oxygen atoms in total. The van der Waals surface area contributed by atoms with Gasteiger partial charge in [0.1, 0.15) is 11.9 Å². The molecule has 0 bridgehead atoms. The number of carbonyl (C=O) groups is 1. The molecule has 0 radical (unpaired) electrons. The zero-order valence-electron chi connectivity index (χ0n) is 15.1. The van der Waals surface area contributed by atoms with Gasteiger partial charge in [0.2, 0.25) is 5.91 Å². The number of rotatable bonds is 6. The number of imidazole rings is 1. The van der Waals surface area contributed by atoms with Gasteiger partial charge in [0, 0.05) is 39.1 Å². The van der Waals surface area contributed by atoms with Crippen LogP contribution in [-0.2, 0) is 11.8 Å². The molecule has 1 unspecified atom stereocenters. The predicted molar refractivity (Wildman–Crippen MR) is 101 cm³/mol. The standard InChI is InChI=1S/C18H24N4O3.ClH/c1-21-10-9-20-18(21)14-13-19-8-11-22(14)17(23)7-12-25-16-6-4-3-5-15(16)24-2;/h3-6,9-10,14,19H,7-8,11-13H2,1-2H3;1H. The first-order chi connectivity index (χ1) is 12.2. The molecule has 0 saturated carbocycles. The highest BCUT2D eigenvalue weighted by atomic mass is 35.5. The summed E-state index contributed by atoms with van der Waals surface area (Å²) in [6, 6.07) is 7.39. The number of nitrogens with one attached hydrogen (secondary N) is 1. The lowest BCUT2D eigenvalue weighted by atomic mass is 10.1. The van der Waals surface area contributed by atoms with Crippen molar-refractivity contribution in [1.82, 2.24) is 19.8 Å². The van der Waals surface area contributed by atoms with E-state index in [0.29, 0.717) is 37.6 Å². The number of benzene rings is 1. The molecule has 0 aliphatic carbocycles. The molecule has 1 aromatic carbocycles. The Balaban J connectivity index is 0.00000243. The number of amides is 1. The van der Waals surface area contributed by atoms with Crippen molar-refractivity contribution in [3.8, 4) is 11.5 Å². The summed E-state index contributed by atoms with van der Waals surface area (Å²) in [6.07, 6.45) is 3.98. The average molecular weight is 381 g/mol. The van der Waals surface area contributed by atoms with E-state index >= 15 is 0 Å². The molecule has 2 heterocycles. The molecule has 8 heteroatoms. The summed E-state index contributed by atoms with van der Waals surface area (Å²) in [4.78, 5) is 19.0. The summed E-state index contributed by atoms with van der Waals surface area (Å²) in [5.74, 6) is 2.29. The van der Waals surface area contributed by atoms with Crippen LogP contribution in [0.4, 0.5) is 0 Å². The highest BCUT2D eigenvalue weighted by molar-refractivity contribution is 5.85. The zero-order valence-corrected chi connectivity index (χ0v) is 15.9. The maximum atomic E-state index is 12.7. The number of carbonyl (C=O) groups excluding carboxylic acids is 1. The van der Waals surface area contributed by atoms with E-state index in [9.17, 15) is 4.79 Å². The third kappa shape index (κ3) is 4.47. The van der Waals surface area contributed by atoms with Crippen molar-refractivity contribution in [2.75, 3.05) is 33.4 Å². The lowest BCUT2D eigenvalue weighted by Gasteiger charge is -2.35. The number of hydrogen-bond acceptors (Lipinski definition) is 5. The van der Waals surface area contributed by atoms with Crippen LogP contribution in [0.2, 0.25) is 0 Å². The smallest absolute Gasteiger partial charge is 0.226 e. The first-order valence-corrected chi connectivity index (χ1v) is 8.44. The highest BCUT2D eigenvalue weighted by Gasteiger charge is 2.30. The fourth-order valence-electron chi connectivity index (χ4n) is 3.06. The van der Waals surface area contributed by atoms with Gasteiger partial charge in [0.05, 0.1) is 20.1 Å². The minimum absolute atomic E-state index is 0. The van der Waals surface area contributed by atoms with Crippen LogP contribution in [-0.4, -0.2) is 53.7 Å². The van der Waals surface area contributed by atoms with Gasteiger partial charge < -0.3 is 24.3 Å². The molecule has 1 atom stereocenters. The van der Waals surface area contributed by atoms with Crippen LogP contribution in [0.15, 0.2) is 36.7 Å². The first kappa shape index (κ1) is 20.1. The van der Waals surface area contributed by atoms with E-state index in [-0.39, 0.29) is 24.4 Å². The molecule has 0 spiro atoms. The van der Waals surface area contributed by atoms with Gasteiger partial charge in [0.25, 0.3) is 0 Å². The Morgan fingerprint density at radius 3 is 2.81 bits per heavy atom. The number of para-hydroxylation sites is 2. The monoisotopic (exact) mass is 380 g/mol. The van der Waals surface area contributed by atoms with E-state index in [0.717, 1.165) is 12.4 Å². The minimum Gasteiger partial charge on any atom is -0.493 e. The molecule has 1 aliphatic rings. The number of aryl methyl sites for hydroxylation is 1. The number of piperazine rings is 1. The fourth-order valence-corrected chi connectivity index (χ4v) is 3.06. The van der Waals surface area contributed by atoms with Crippen molar-refractivity contribution in [2.45, 2.75) is 12.5 Å². The van der Waals surface area contributed by atoms with Crippen LogP contribution >= 0.6 is 12.4 Å². The number of aromatic nitrogens is 2. The minimum atomic E-state index is -0.0486. The molecule has 1 aliphatic heterocycles. The van der Waals surface area contributed by atoms with E-state index in [4.69, 9.17) is 9.47 Å². The first-order valence-electron chi connectivity index (χ1n) is 8.44. The molecule has 142 valence electrons. The van der Waals surface area contributed by atoms with Crippen LogP contribution in [0.25, 0.3) is 0 Å². The van der Waals surface area contributed by atoms with Crippen LogP contribution in [0.5, 0.6) is 11.5 Å². The van der Waals surface area contributed by atoms with E-state index in [1.54, 1.807) is 13.3 Å². The topological polar surface area (TPSA) is 68.6 Å². The van der Waals surface area contributed by atoms with Gasteiger partial charge in [-0.25, -0.2) is 4.98 Å². The van der Waals surface area contributed by atoms with Crippen molar-refractivity contribution in [2.24, 2.45) is 7.05 Å². The summed E-state index contributed by atoms with van der Waals surface area (Å²) in [6.45, 7) is 2.49. The Kier molecular flexibility index (Phi) is 7.29. The number of methoxy groups -OCH3 is 1. The molecule has 3 rings (SSSR count). The number of halogens is 1. The van der Waals surface area contributed by atoms with Gasteiger partial charge in [-0.05, 0) is 12.1 Å².